The smallest absolute Gasteiger partial charge is 0.0790 e. The van der Waals surface area contributed by atoms with E-state index in [0.29, 0.717) is 0 Å². The lowest BCUT2D eigenvalue weighted by molar-refractivity contribution is 0.166. The van der Waals surface area contributed by atoms with Gasteiger partial charge in [-0.3, -0.25) is 0 Å². The second kappa shape index (κ2) is 4.45. The van der Waals surface area contributed by atoms with Crippen LogP contribution in [0.5, 0.6) is 0 Å². The van der Waals surface area contributed by atoms with Crippen LogP contribution in [-0.2, 0) is 0 Å². The van der Waals surface area contributed by atoms with Gasteiger partial charge in [0.25, 0.3) is 0 Å². The number of hydrogen-bond acceptors (Lipinski definition) is 1. The molecule has 1 heteroatoms. The Labute approximate surface area is 90.4 Å². The SMILES string of the molecule is CCC[C@@H](O)c1ccc2ccccc2c1. The molecule has 2 aromatic rings. The van der Waals surface area contributed by atoms with Gasteiger partial charge in [-0.25, -0.2) is 0 Å². The largest absolute Gasteiger partial charge is 0.388 e. The van der Waals surface area contributed by atoms with E-state index >= 15 is 0 Å². The fourth-order valence-corrected chi connectivity index (χ4v) is 1.86. The van der Waals surface area contributed by atoms with Gasteiger partial charge in [0.1, 0.15) is 0 Å². The third-order valence-corrected chi connectivity index (χ3v) is 2.72. The first kappa shape index (κ1) is 10.2. The lowest BCUT2D eigenvalue weighted by Crippen LogP contribution is -1.96. The van der Waals surface area contributed by atoms with Crippen LogP contribution in [-0.4, -0.2) is 5.11 Å². The van der Waals surface area contributed by atoms with Crippen molar-refractivity contribution < 1.29 is 5.11 Å². The highest BCUT2D eigenvalue weighted by Gasteiger charge is 2.06. The summed E-state index contributed by atoms with van der Waals surface area (Å²) in [6, 6.07) is 14.4. The zero-order chi connectivity index (χ0) is 10.7. The summed E-state index contributed by atoms with van der Waals surface area (Å²) in [6.07, 6.45) is 1.52. The quantitative estimate of drug-likeness (QED) is 0.801. The number of hydrogen-bond donors (Lipinski definition) is 1. The van der Waals surface area contributed by atoms with E-state index in [0.717, 1.165) is 18.4 Å². The van der Waals surface area contributed by atoms with Crippen LogP contribution in [0.25, 0.3) is 10.8 Å². The third kappa shape index (κ3) is 2.18. The summed E-state index contributed by atoms with van der Waals surface area (Å²) in [4.78, 5) is 0. The molecule has 78 valence electrons. The van der Waals surface area contributed by atoms with Gasteiger partial charge in [0.15, 0.2) is 0 Å². The lowest BCUT2D eigenvalue weighted by Gasteiger charge is -2.10. The maximum absolute atomic E-state index is 9.88. The summed E-state index contributed by atoms with van der Waals surface area (Å²) >= 11 is 0. The summed E-state index contributed by atoms with van der Waals surface area (Å²) < 4.78 is 0. The molecule has 1 nitrogen and oxygen atoms in total. The maximum Gasteiger partial charge on any atom is 0.0790 e. The Morgan fingerprint density at radius 1 is 1.07 bits per heavy atom. The van der Waals surface area contributed by atoms with Gasteiger partial charge in [-0.15, -0.1) is 0 Å². The molecular formula is C14H16O. The molecule has 0 spiro atoms. The number of aliphatic hydroxyl groups is 1. The molecule has 0 unspecified atom stereocenters. The molecule has 0 heterocycles. The fraction of sp³-hybridized carbons (Fsp3) is 0.286. The molecule has 15 heavy (non-hydrogen) atoms. The van der Waals surface area contributed by atoms with Gasteiger partial charge in [-0.05, 0) is 28.8 Å². The summed E-state index contributed by atoms with van der Waals surface area (Å²) in [5.74, 6) is 0. The lowest BCUT2D eigenvalue weighted by atomic mass is 10.0. The van der Waals surface area contributed by atoms with Gasteiger partial charge in [-0.2, -0.15) is 0 Å². The second-order valence-corrected chi connectivity index (χ2v) is 3.91. The third-order valence-electron chi connectivity index (χ3n) is 2.72. The minimum atomic E-state index is -0.320. The van der Waals surface area contributed by atoms with Crippen molar-refractivity contribution in [2.24, 2.45) is 0 Å². The summed E-state index contributed by atoms with van der Waals surface area (Å²) in [5, 5.41) is 12.3. The van der Waals surface area contributed by atoms with E-state index in [1.165, 1.54) is 10.8 Å². The molecule has 2 rings (SSSR count). The Kier molecular flexibility index (Phi) is 3.02. The molecule has 0 fully saturated rings. The van der Waals surface area contributed by atoms with Gasteiger partial charge in [-0.1, -0.05) is 49.7 Å². The van der Waals surface area contributed by atoms with Gasteiger partial charge in [0, 0.05) is 0 Å². The van der Waals surface area contributed by atoms with Crippen molar-refractivity contribution in [2.45, 2.75) is 25.9 Å². The molecule has 0 amide bonds. The van der Waals surface area contributed by atoms with Crippen LogP contribution < -0.4 is 0 Å². The highest BCUT2D eigenvalue weighted by atomic mass is 16.3. The average molecular weight is 200 g/mol. The average Bonchev–Trinajstić information content (AvgIpc) is 2.29. The molecule has 0 bridgehead atoms. The normalized spacial score (nSPS) is 12.9. The van der Waals surface area contributed by atoms with Crippen molar-refractivity contribution in [3.63, 3.8) is 0 Å². The zero-order valence-corrected chi connectivity index (χ0v) is 8.98. The predicted octanol–water partition coefficient (Wildman–Crippen LogP) is 3.67. The zero-order valence-electron chi connectivity index (χ0n) is 8.98. The maximum atomic E-state index is 9.88. The molecule has 0 aromatic heterocycles. The molecule has 0 aliphatic carbocycles. The van der Waals surface area contributed by atoms with Crippen molar-refractivity contribution in [3.05, 3.63) is 48.0 Å². The van der Waals surface area contributed by atoms with Gasteiger partial charge < -0.3 is 5.11 Å². The van der Waals surface area contributed by atoms with Crippen molar-refractivity contribution in [1.82, 2.24) is 0 Å². The molecule has 0 aliphatic heterocycles. The van der Waals surface area contributed by atoms with Crippen LogP contribution in [0, 0.1) is 0 Å². The monoisotopic (exact) mass is 200 g/mol. The molecule has 0 saturated heterocycles. The topological polar surface area (TPSA) is 20.2 Å². The Morgan fingerprint density at radius 3 is 2.53 bits per heavy atom. The minimum absolute atomic E-state index is 0.320. The van der Waals surface area contributed by atoms with Crippen LogP contribution >= 0.6 is 0 Å². The molecule has 2 aromatic carbocycles. The van der Waals surface area contributed by atoms with Gasteiger partial charge in [0.05, 0.1) is 6.10 Å². The molecule has 1 atom stereocenters. The van der Waals surface area contributed by atoms with E-state index in [9.17, 15) is 5.11 Å². The second-order valence-electron chi connectivity index (χ2n) is 3.91. The van der Waals surface area contributed by atoms with Crippen molar-refractivity contribution >= 4 is 10.8 Å². The van der Waals surface area contributed by atoms with Crippen molar-refractivity contribution in [2.75, 3.05) is 0 Å². The van der Waals surface area contributed by atoms with E-state index in [-0.39, 0.29) is 6.10 Å². The van der Waals surface area contributed by atoms with E-state index in [4.69, 9.17) is 0 Å². The Morgan fingerprint density at radius 2 is 1.80 bits per heavy atom. The Hall–Kier alpha value is -1.34. The Balaban J connectivity index is 2.38. The van der Waals surface area contributed by atoms with Crippen LogP contribution in [0.3, 0.4) is 0 Å². The summed E-state index contributed by atoms with van der Waals surface area (Å²) in [7, 11) is 0. The van der Waals surface area contributed by atoms with Crippen LogP contribution in [0.4, 0.5) is 0 Å². The molecule has 1 N–H and O–H groups in total. The minimum Gasteiger partial charge on any atom is -0.388 e. The highest BCUT2D eigenvalue weighted by molar-refractivity contribution is 5.83. The summed E-state index contributed by atoms with van der Waals surface area (Å²) in [5.41, 5.74) is 1.02. The molecular weight excluding hydrogens is 184 g/mol. The summed E-state index contributed by atoms with van der Waals surface area (Å²) in [6.45, 7) is 2.09. The van der Waals surface area contributed by atoms with Crippen LogP contribution in [0.1, 0.15) is 31.4 Å². The van der Waals surface area contributed by atoms with Crippen molar-refractivity contribution in [1.29, 1.82) is 0 Å². The van der Waals surface area contributed by atoms with E-state index in [1.807, 2.05) is 18.2 Å². The van der Waals surface area contributed by atoms with Crippen LogP contribution in [0.15, 0.2) is 42.5 Å². The highest BCUT2D eigenvalue weighted by Crippen LogP contribution is 2.22. The first-order valence-corrected chi connectivity index (χ1v) is 5.48. The number of aliphatic hydroxyl groups excluding tert-OH is 1. The number of fused-ring (bicyclic) bond motifs is 1. The van der Waals surface area contributed by atoms with E-state index in [1.54, 1.807) is 0 Å². The molecule has 0 saturated carbocycles. The van der Waals surface area contributed by atoms with E-state index in [2.05, 4.69) is 31.2 Å². The van der Waals surface area contributed by atoms with Crippen LogP contribution in [0.2, 0.25) is 0 Å². The number of benzene rings is 2. The fourth-order valence-electron chi connectivity index (χ4n) is 1.86. The Bertz CT molecular complexity index is 448. The molecule has 0 radical (unpaired) electrons. The molecule has 0 aliphatic rings. The standard InChI is InChI=1S/C14H16O/c1-2-5-14(15)13-9-8-11-6-3-4-7-12(11)10-13/h3-4,6-10,14-15H,2,5H2,1H3/t14-/m1/s1. The van der Waals surface area contributed by atoms with Gasteiger partial charge >= 0.3 is 0 Å². The number of rotatable bonds is 3. The van der Waals surface area contributed by atoms with Crippen molar-refractivity contribution in [3.8, 4) is 0 Å². The first-order chi connectivity index (χ1) is 7.31. The predicted molar refractivity (Wildman–Crippen MR) is 63.8 cm³/mol. The first-order valence-electron chi connectivity index (χ1n) is 5.48. The van der Waals surface area contributed by atoms with E-state index < -0.39 is 0 Å². The van der Waals surface area contributed by atoms with Gasteiger partial charge in [0.2, 0.25) is 0 Å².